The maximum Gasteiger partial charge on any atom is 0.345 e. The van der Waals surface area contributed by atoms with Gasteiger partial charge in [-0.3, -0.25) is 15.1 Å². The minimum Gasteiger partial charge on any atom is -0.462 e. The Balaban J connectivity index is 2.14. The summed E-state index contributed by atoms with van der Waals surface area (Å²) in [6.07, 6.45) is 1.31. The van der Waals surface area contributed by atoms with Crippen LogP contribution in [0.2, 0.25) is 0 Å². The number of aromatic nitrogens is 1. The highest BCUT2D eigenvalue weighted by Crippen LogP contribution is 2.34. The first-order valence-corrected chi connectivity index (χ1v) is 7.87. The minimum atomic E-state index is -0.871. The van der Waals surface area contributed by atoms with E-state index in [1.807, 2.05) is 0 Å². The summed E-state index contributed by atoms with van der Waals surface area (Å²) in [5, 5.41) is 14.2. The topological polar surface area (TPSA) is 94.4 Å². The van der Waals surface area contributed by atoms with Gasteiger partial charge in [-0.1, -0.05) is 6.07 Å². The van der Waals surface area contributed by atoms with E-state index >= 15 is 0 Å². The maximum atomic E-state index is 14.2. The number of hydrogen-bond acceptors (Lipinski definition) is 6. The Bertz CT molecular complexity index is 1060. The molecule has 1 heterocycles. The van der Waals surface area contributed by atoms with Crippen LogP contribution in [0.3, 0.4) is 0 Å². The van der Waals surface area contributed by atoms with E-state index < -0.39 is 28.2 Å². The summed E-state index contributed by atoms with van der Waals surface area (Å²) in [6.45, 7) is 1.64. The molecule has 138 valence electrons. The SMILES string of the molecule is CCOC(=O)c1cccc(Nc2ccnc3cc(F)cc(F)c23)c1[N+](=O)[O-]. The maximum absolute atomic E-state index is 14.2. The summed E-state index contributed by atoms with van der Waals surface area (Å²) in [5.74, 6) is -2.51. The quantitative estimate of drug-likeness (QED) is 0.406. The lowest BCUT2D eigenvalue weighted by Gasteiger charge is -2.12. The van der Waals surface area contributed by atoms with E-state index in [1.165, 1.54) is 30.5 Å². The molecule has 0 atom stereocenters. The van der Waals surface area contributed by atoms with E-state index in [0.29, 0.717) is 6.07 Å². The van der Waals surface area contributed by atoms with Crippen LogP contribution in [0.5, 0.6) is 0 Å². The first kappa shape index (κ1) is 18.2. The van der Waals surface area contributed by atoms with E-state index in [1.54, 1.807) is 6.92 Å². The largest absolute Gasteiger partial charge is 0.462 e. The molecule has 0 spiro atoms. The van der Waals surface area contributed by atoms with Crippen LogP contribution in [0.4, 0.5) is 25.8 Å². The second-order valence-corrected chi connectivity index (χ2v) is 5.44. The molecule has 3 aromatic rings. The molecule has 0 aliphatic rings. The van der Waals surface area contributed by atoms with Gasteiger partial charge in [0, 0.05) is 18.3 Å². The number of carbonyl (C=O) groups excluding carboxylic acids is 1. The molecular formula is C18H13F2N3O4. The number of anilines is 2. The number of rotatable bonds is 5. The molecule has 0 saturated heterocycles. The second kappa shape index (κ2) is 7.32. The smallest absolute Gasteiger partial charge is 0.345 e. The lowest BCUT2D eigenvalue weighted by molar-refractivity contribution is -0.384. The number of nitrogens with zero attached hydrogens (tertiary/aromatic N) is 2. The van der Waals surface area contributed by atoms with Crippen LogP contribution in [0.15, 0.2) is 42.6 Å². The minimum absolute atomic E-state index is 0.0327. The van der Waals surface area contributed by atoms with Gasteiger partial charge in [0.2, 0.25) is 0 Å². The summed E-state index contributed by atoms with van der Waals surface area (Å²) in [4.78, 5) is 26.7. The Morgan fingerprint density at radius 2 is 2.04 bits per heavy atom. The van der Waals surface area contributed by atoms with Crippen LogP contribution >= 0.6 is 0 Å². The van der Waals surface area contributed by atoms with E-state index in [0.717, 1.165) is 6.07 Å². The van der Waals surface area contributed by atoms with Crippen LogP contribution in [-0.4, -0.2) is 22.5 Å². The zero-order valence-corrected chi connectivity index (χ0v) is 14.0. The fourth-order valence-corrected chi connectivity index (χ4v) is 2.67. The van der Waals surface area contributed by atoms with Crippen molar-refractivity contribution in [3.05, 3.63) is 69.9 Å². The van der Waals surface area contributed by atoms with Gasteiger partial charge in [0.15, 0.2) is 0 Å². The zero-order chi connectivity index (χ0) is 19.6. The summed E-state index contributed by atoms with van der Waals surface area (Å²) >= 11 is 0. The monoisotopic (exact) mass is 373 g/mol. The number of nitro benzene ring substituents is 1. The van der Waals surface area contributed by atoms with Gasteiger partial charge in [-0.05, 0) is 25.1 Å². The van der Waals surface area contributed by atoms with Crippen molar-refractivity contribution in [2.75, 3.05) is 11.9 Å². The fourth-order valence-electron chi connectivity index (χ4n) is 2.67. The predicted octanol–water partition coefficient (Wildman–Crippen LogP) is 4.34. The third-order valence-corrected chi connectivity index (χ3v) is 3.74. The van der Waals surface area contributed by atoms with Gasteiger partial charge in [-0.25, -0.2) is 13.6 Å². The third kappa shape index (κ3) is 3.52. The van der Waals surface area contributed by atoms with Crippen LogP contribution < -0.4 is 5.32 Å². The number of carbonyl (C=O) groups is 1. The second-order valence-electron chi connectivity index (χ2n) is 5.44. The van der Waals surface area contributed by atoms with E-state index in [2.05, 4.69) is 10.3 Å². The Kier molecular flexibility index (Phi) is 4.93. The highest BCUT2D eigenvalue weighted by atomic mass is 19.1. The van der Waals surface area contributed by atoms with Crippen molar-refractivity contribution in [1.29, 1.82) is 0 Å². The molecule has 0 saturated carbocycles. The molecule has 2 aromatic carbocycles. The average molecular weight is 373 g/mol. The molecule has 0 unspecified atom stereocenters. The summed E-state index contributed by atoms with van der Waals surface area (Å²) < 4.78 is 32.5. The first-order valence-electron chi connectivity index (χ1n) is 7.87. The Morgan fingerprint density at radius 1 is 1.26 bits per heavy atom. The number of para-hydroxylation sites is 1. The predicted molar refractivity (Wildman–Crippen MR) is 94.0 cm³/mol. The van der Waals surface area contributed by atoms with Crippen LogP contribution in [0.25, 0.3) is 10.9 Å². The third-order valence-electron chi connectivity index (χ3n) is 3.74. The highest BCUT2D eigenvalue weighted by molar-refractivity contribution is 5.99. The van der Waals surface area contributed by atoms with Gasteiger partial charge < -0.3 is 10.1 Å². The number of halogens is 2. The number of ether oxygens (including phenoxy) is 1. The van der Waals surface area contributed by atoms with Gasteiger partial charge in [-0.15, -0.1) is 0 Å². The zero-order valence-electron chi connectivity index (χ0n) is 14.0. The molecule has 27 heavy (non-hydrogen) atoms. The molecule has 7 nitrogen and oxygen atoms in total. The molecule has 3 rings (SSSR count). The van der Waals surface area contributed by atoms with E-state index in [-0.39, 0.29) is 34.4 Å². The number of pyridine rings is 1. The molecule has 0 aliphatic heterocycles. The van der Waals surface area contributed by atoms with Crippen LogP contribution in [-0.2, 0) is 4.74 Å². The van der Waals surface area contributed by atoms with Crippen LogP contribution in [0.1, 0.15) is 17.3 Å². The van der Waals surface area contributed by atoms with Crippen molar-refractivity contribution >= 4 is 33.9 Å². The van der Waals surface area contributed by atoms with Crippen molar-refractivity contribution in [2.45, 2.75) is 6.92 Å². The summed E-state index contributed by atoms with van der Waals surface area (Å²) in [5.41, 5.74) is -0.606. The van der Waals surface area contributed by atoms with E-state index in [4.69, 9.17) is 4.74 Å². The van der Waals surface area contributed by atoms with Crippen molar-refractivity contribution in [3.8, 4) is 0 Å². The Morgan fingerprint density at radius 3 is 2.74 bits per heavy atom. The molecule has 0 fully saturated rings. The molecule has 0 aliphatic carbocycles. The number of hydrogen-bond donors (Lipinski definition) is 1. The molecule has 0 amide bonds. The fraction of sp³-hybridized carbons (Fsp3) is 0.111. The number of esters is 1. The van der Waals surface area contributed by atoms with Gasteiger partial charge >= 0.3 is 11.7 Å². The molecule has 9 heteroatoms. The molecule has 0 radical (unpaired) electrons. The number of nitro groups is 1. The van der Waals surface area contributed by atoms with Gasteiger partial charge in [0.1, 0.15) is 22.9 Å². The number of fused-ring (bicyclic) bond motifs is 1. The standard InChI is InChI=1S/C18H13F2N3O4/c1-2-27-18(24)11-4-3-5-14(17(11)23(25)26)22-13-6-7-21-15-9-10(19)8-12(20)16(13)15/h3-9H,2H2,1H3,(H,21,22). The number of benzene rings is 2. The molecule has 0 bridgehead atoms. The van der Waals surface area contributed by atoms with Gasteiger partial charge in [-0.2, -0.15) is 0 Å². The molecular weight excluding hydrogens is 360 g/mol. The van der Waals surface area contributed by atoms with Gasteiger partial charge in [0.25, 0.3) is 0 Å². The van der Waals surface area contributed by atoms with Crippen molar-refractivity contribution in [3.63, 3.8) is 0 Å². The Labute approximate surface area is 151 Å². The normalized spacial score (nSPS) is 10.6. The molecule has 1 N–H and O–H groups in total. The summed E-state index contributed by atoms with van der Waals surface area (Å²) in [6, 6.07) is 7.20. The summed E-state index contributed by atoms with van der Waals surface area (Å²) in [7, 11) is 0. The number of nitrogens with one attached hydrogen (secondary N) is 1. The highest BCUT2D eigenvalue weighted by Gasteiger charge is 2.26. The van der Waals surface area contributed by atoms with Crippen molar-refractivity contribution in [1.82, 2.24) is 4.98 Å². The Hall–Kier alpha value is -3.62. The van der Waals surface area contributed by atoms with Crippen LogP contribution in [0, 0.1) is 21.7 Å². The van der Waals surface area contributed by atoms with Crippen molar-refractivity contribution in [2.24, 2.45) is 0 Å². The van der Waals surface area contributed by atoms with E-state index in [9.17, 15) is 23.7 Å². The lowest BCUT2D eigenvalue weighted by Crippen LogP contribution is -2.09. The lowest BCUT2D eigenvalue weighted by atomic mass is 10.1. The average Bonchev–Trinajstić information content (AvgIpc) is 2.61. The molecule has 1 aromatic heterocycles. The van der Waals surface area contributed by atoms with Gasteiger partial charge in [0.05, 0.1) is 28.1 Å². The van der Waals surface area contributed by atoms with Crippen molar-refractivity contribution < 1.29 is 23.2 Å². The first-order chi connectivity index (χ1) is 12.9.